The number of halogens is 1. The van der Waals surface area contributed by atoms with Crippen LogP contribution >= 0.6 is 11.6 Å². The molecule has 5 N–H and O–H groups in total. The number of anilines is 2. The van der Waals surface area contributed by atoms with Crippen LogP contribution < -0.4 is 21.7 Å². The maximum atomic E-state index is 11.6. The molecule has 0 bridgehead atoms. The average molecular weight is 299 g/mol. The molecular weight excluding hydrogens is 284 g/mol. The largest absolute Gasteiger partial charge is 0.346 e. The van der Waals surface area contributed by atoms with Gasteiger partial charge in [0.15, 0.2) is 0 Å². The van der Waals surface area contributed by atoms with Crippen molar-refractivity contribution in [3.63, 3.8) is 0 Å². The average Bonchev–Trinajstić information content (AvgIpc) is 2.38. The van der Waals surface area contributed by atoms with Crippen LogP contribution in [0.15, 0.2) is 18.2 Å². The molecule has 0 aromatic heterocycles. The van der Waals surface area contributed by atoms with Crippen molar-refractivity contribution in [3.8, 4) is 0 Å². The summed E-state index contributed by atoms with van der Waals surface area (Å²) in [4.78, 5) is 33.7. The van der Waals surface area contributed by atoms with E-state index in [2.05, 4.69) is 16.0 Å². The van der Waals surface area contributed by atoms with Crippen molar-refractivity contribution in [2.45, 2.75) is 6.92 Å². The molecule has 1 aromatic rings. The molecule has 8 heteroatoms. The summed E-state index contributed by atoms with van der Waals surface area (Å²) in [5.74, 6) is -1.17. The predicted octanol–water partition coefficient (Wildman–Crippen LogP) is 0.312. The van der Waals surface area contributed by atoms with Crippen molar-refractivity contribution in [2.75, 3.05) is 23.7 Å². The van der Waals surface area contributed by atoms with Crippen LogP contribution in [0.2, 0.25) is 5.02 Å². The zero-order valence-electron chi connectivity index (χ0n) is 10.8. The van der Waals surface area contributed by atoms with E-state index in [1.807, 2.05) is 0 Å². The lowest BCUT2D eigenvalue weighted by Crippen LogP contribution is -2.36. The summed E-state index contributed by atoms with van der Waals surface area (Å²) in [6.45, 7) is 0.942. The third kappa shape index (κ3) is 5.25. The van der Waals surface area contributed by atoms with Crippen molar-refractivity contribution >= 4 is 40.7 Å². The van der Waals surface area contributed by atoms with Crippen molar-refractivity contribution in [1.29, 1.82) is 0 Å². The molecule has 3 amide bonds. The summed E-state index contributed by atoms with van der Waals surface area (Å²) in [5, 5.41) is 7.86. The number of rotatable bonds is 5. The molecule has 1 aromatic carbocycles. The second-order valence-electron chi connectivity index (χ2n) is 3.90. The van der Waals surface area contributed by atoms with Crippen LogP contribution in [0, 0.1) is 0 Å². The molecule has 0 atom stereocenters. The van der Waals surface area contributed by atoms with Gasteiger partial charge in [-0.25, -0.2) is 0 Å². The third-order valence-corrected chi connectivity index (χ3v) is 2.43. The van der Waals surface area contributed by atoms with Crippen LogP contribution in [0.25, 0.3) is 0 Å². The van der Waals surface area contributed by atoms with Gasteiger partial charge in [-0.15, -0.1) is 0 Å². The summed E-state index contributed by atoms with van der Waals surface area (Å²) < 4.78 is 0. The van der Waals surface area contributed by atoms with Gasteiger partial charge in [-0.3, -0.25) is 14.4 Å². The van der Waals surface area contributed by atoms with Gasteiger partial charge < -0.3 is 21.7 Å². The lowest BCUT2D eigenvalue weighted by Gasteiger charge is -2.12. The van der Waals surface area contributed by atoms with Crippen LogP contribution in [0.3, 0.4) is 0 Å². The lowest BCUT2D eigenvalue weighted by molar-refractivity contribution is -0.123. The number of nitrogens with one attached hydrogen (secondary N) is 3. The number of nitrogens with two attached hydrogens (primary N) is 1. The smallest absolute Gasteiger partial charge is 0.243 e. The van der Waals surface area contributed by atoms with Crippen molar-refractivity contribution in [2.24, 2.45) is 5.73 Å². The van der Waals surface area contributed by atoms with Crippen molar-refractivity contribution < 1.29 is 14.4 Å². The molecule has 0 saturated heterocycles. The van der Waals surface area contributed by atoms with Gasteiger partial charge >= 0.3 is 0 Å². The molecule has 0 spiro atoms. The van der Waals surface area contributed by atoms with Crippen molar-refractivity contribution in [3.05, 3.63) is 23.2 Å². The Kier molecular flexibility index (Phi) is 5.95. The van der Waals surface area contributed by atoms with Gasteiger partial charge in [-0.05, 0) is 18.2 Å². The topological polar surface area (TPSA) is 113 Å². The zero-order chi connectivity index (χ0) is 15.1. The molecule has 7 nitrogen and oxygen atoms in total. The number of amides is 3. The predicted molar refractivity (Wildman–Crippen MR) is 76.4 cm³/mol. The van der Waals surface area contributed by atoms with Gasteiger partial charge in [-0.2, -0.15) is 0 Å². The van der Waals surface area contributed by atoms with E-state index in [0.29, 0.717) is 16.4 Å². The first-order valence-corrected chi connectivity index (χ1v) is 6.14. The molecule has 0 aliphatic carbocycles. The van der Waals surface area contributed by atoms with Crippen molar-refractivity contribution in [1.82, 2.24) is 5.32 Å². The Hall–Kier alpha value is -2.12. The molecule has 108 valence electrons. The highest BCUT2D eigenvalue weighted by molar-refractivity contribution is 6.31. The molecule has 20 heavy (non-hydrogen) atoms. The van der Waals surface area contributed by atoms with Crippen LogP contribution in [0.1, 0.15) is 6.92 Å². The van der Waals surface area contributed by atoms with Crippen LogP contribution in [0.4, 0.5) is 11.4 Å². The van der Waals surface area contributed by atoms with Gasteiger partial charge in [0.2, 0.25) is 17.7 Å². The Balaban J connectivity index is 2.73. The third-order valence-electron chi connectivity index (χ3n) is 2.20. The summed E-state index contributed by atoms with van der Waals surface area (Å²) >= 11 is 5.82. The number of hydrogen-bond donors (Lipinski definition) is 4. The molecular formula is C12H15ClN4O3. The van der Waals surface area contributed by atoms with E-state index < -0.39 is 11.8 Å². The second kappa shape index (κ2) is 7.46. The fourth-order valence-electron chi connectivity index (χ4n) is 1.36. The second-order valence-corrected chi connectivity index (χ2v) is 4.34. The first kappa shape index (κ1) is 15.9. The van der Waals surface area contributed by atoms with Gasteiger partial charge in [-0.1, -0.05) is 11.6 Å². The maximum Gasteiger partial charge on any atom is 0.243 e. The normalized spacial score (nSPS) is 9.75. The lowest BCUT2D eigenvalue weighted by atomic mass is 10.2. The molecule has 0 saturated carbocycles. The Bertz CT molecular complexity index is 533. The first-order valence-electron chi connectivity index (χ1n) is 5.76. The summed E-state index contributed by atoms with van der Waals surface area (Å²) in [6, 6.07) is 4.63. The summed E-state index contributed by atoms with van der Waals surface area (Å²) in [5.41, 5.74) is 5.86. The summed E-state index contributed by atoms with van der Waals surface area (Å²) in [7, 11) is 0. The quantitative estimate of drug-likeness (QED) is 0.626. The molecule has 0 fully saturated rings. The zero-order valence-corrected chi connectivity index (χ0v) is 11.6. The molecule has 0 heterocycles. The Morgan fingerprint density at radius 2 is 1.85 bits per heavy atom. The summed E-state index contributed by atoms with van der Waals surface area (Å²) in [6.07, 6.45) is 0. The van der Waals surface area contributed by atoms with Gasteiger partial charge in [0.05, 0.1) is 24.5 Å². The van der Waals surface area contributed by atoms with E-state index in [1.54, 1.807) is 12.1 Å². The number of benzene rings is 1. The first-order chi connectivity index (χ1) is 9.42. The number of carbonyl (C=O) groups is 3. The van der Waals surface area contributed by atoms with Crippen LogP contribution in [-0.4, -0.2) is 30.8 Å². The number of hydrogen-bond acceptors (Lipinski definition) is 4. The molecule has 1 rings (SSSR count). The highest BCUT2D eigenvalue weighted by atomic mass is 35.5. The van der Waals surface area contributed by atoms with Crippen LogP contribution in [0.5, 0.6) is 0 Å². The monoisotopic (exact) mass is 298 g/mol. The van der Waals surface area contributed by atoms with E-state index in [9.17, 15) is 14.4 Å². The van der Waals surface area contributed by atoms with E-state index in [1.165, 1.54) is 13.0 Å². The maximum absolute atomic E-state index is 11.6. The molecule has 0 aliphatic heterocycles. The fraction of sp³-hybridized carbons (Fsp3) is 0.250. The van der Waals surface area contributed by atoms with Gasteiger partial charge in [0.25, 0.3) is 0 Å². The van der Waals surface area contributed by atoms with Gasteiger partial charge in [0.1, 0.15) is 0 Å². The van der Waals surface area contributed by atoms with E-state index in [-0.39, 0.29) is 19.0 Å². The van der Waals surface area contributed by atoms with Gasteiger partial charge in [0, 0.05) is 11.9 Å². The Morgan fingerprint density at radius 1 is 1.15 bits per heavy atom. The minimum absolute atomic E-state index is 0.189. The Morgan fingerprint density at radius 3 is 2.45 bits per heavy atom. The van der Waals surface area contributed by atoms with E-state index >= 15 is 0 Å². The highest BCUT2D eigenvalue weighted by Crippen LogP contribution is 2.25. The molecule has 0 unspecified atom stereocenters. The minimum Gasteiger partial charge on any atom is -0.346 e. The highest BCUT2D eigenvalue weighted by Gasteiger charge is 2.09. The minimum atomic E-state index is -0.444. The SMILES string of the molecule is CC(=O)Nc1cc(Cl)ccc1NC(=O)CNC(=O)CN. The van der Waals surface area contributed by atoms with E-state index in [0.717, 1.165) is 0 Å². The molecule has 0 aliphatic rings. The molecule has 0 radical (unpaired) electrons. The standard InChI is InChI=1S/C12H15ClN4O3/c1-7(18)16-10-4-8(13)2-3-9(10)17-12(20)6-15-11(19)5-14/h2-4H,5-6,14H2,1H3,(H,15,19)(H,16,18)(H,17,20). The Labute approximate surface area is 120 Å². The van der Waals surface area contributed by atoms with Crippen LogP contribution in [-0.2, 0) is 14.4 Å². The number of carbonyl (C=O) groups excluding carboxylic acids is 3. The van der Waals surface area contributed by atoms with E-state index in [4.69, 9.17) is 17.3 Å². The fourth-order valence-corrected chi connectivity index (χ4v) is 1.54.